The largest absolute Gasteiger partial charge is 0.390 e. The molecule has 4 fully saturated rings. The SMILES string of the molecule is CCCC1(O)OCC(=O)[C@@]2(O1)[C@@H](C)C[C@H]1[C@@H]3C[C@H](F)C4=CC(=O)CC[C@]4(C)[C@@]3(F)[C@@H](O)C[C@@]12C. The minimum Gasteiger partial charge on any atom is -0.390 e. The van der Waals surface area contributed by atoms with Gasteiger partial charge in [0, 0.05) is 29.6 Å². The van der Waals surface area contributed by atoms with Gasteiger partial charge in [0.25, 0.3) is 5.97 Å². The fourth-order valence-corrected chi connectivity index (χ4v) is 8.75. The molecule has 3 saturated carbocycles. The lowest BCUT2D eigenvalue weighted by molar-refractivity contribution is -0.423. The van der Waals surface area contributed by atoms with Crippen LogP contribution in [-0.4, -0.2) is 57.9 Å². The first-order chi connectivity index (χ1) is 15.8. The summed E-state index contributed by atoms with van der Waals surface area (Å²) in [6.07, 6.45) is -0.539. The number of aliphatic hydroxyl groups is 2. The van der Waals surface area contributed by atoms with Gasteiger partial charge in [-0.3, -0.25) is 9.59 Å². The molecule has 1 saturated heterocycles. The zero-order valence-electron chi connectivity index (χ0n) is 20.4. The van der Waals surface area contributed by atoms with Crippen molar-refractivity contribution in [2.45, 2.75) is 102 Å². The summed E-state index contributed by atoms with van der Waals surface area (Å²) in [6.45, 7) is 6.85. The summed E-state index contributed by atoms with van der Waals surface area (Å²) in [5.74, 6) is -4.16. The number of fused-ring (bicyclic) bond motifs is 6. The van der Waals surface area contributed by atoms with E-state index in [1.54, 1.807) is 6.92 Å². The van der Waals surface area contributed by atoms with Gasteiger partial charge in [0.05, 0.1) is 6.10 Å². The Morgan fingerprint density at radius 2 is 1.91 bits per heavy atom. The van der Waals surface area contributed by atoms with Crippen LogP contribution in [0.4, 0.5) is 8.78 Å². The normalized spacial score (nSPS) is 54.9. The molecule has 0 radical (unpaired) electrons. The molecule has 1 heterocycles. The number of aliphatic hydroxyl groups excluding tert-OH is 1. The molecule has 5 rings (SSSR count). The highest BCUT2D eigenvalue weighted by Gasteiger charge is 2.78. The van der Waals surface area contributed by atoms with Gasteiger partial charge in [-0.05, 0) is 55.6 Å². The predicted molar refractivity (Wildman–Crippen MR) is 118 cm³/mol. The van der Waals surface area contributed by atoms with Crippen LogP contribution < -0.4 is 0 Å². The average molecular weight is 483 g/mol. The molecule has 2 N–H and O–H groups in total. The molecule has 6 nitrogen and oxygen atoms in total. The van der Waals surface area contributed by atoms with E-state index in [-0.39, 0.29) is 61.8 Å². The molecule has 0 amide bonds. The third kappa shape index (κ3) is 2.74. The molecule has 0 aromatic carbocycles. The molecule has 8 heteroatoms. The Bertz CT molecular complexity index is 954. The first-order valence-corrected chi connectivity index (χ1v) is 12.6. The highest BCUT2D eigenvalue weighted by atomic mass is 19.1. The molecule has 0 bridgehead atoms. The number of ether oxygens (including phenoxy) is 2. The lowest BCUT2D eigenvalue weighted by atomic mass is 9.43. The highest BCUT2D eigenvalue weighted by molar-refractivity contribution is 5.92. The number of ketones is 2. The maximum absolute atomic E-state index is 17.3. The second kappa shape index (κ2) is 7.40. The van der Waals surface area contributed by atoms with E-state index in [0.717, 1.165) is 0 Å². The molecule has 1 spiro atoms. The van der Waals surface area contributed by atoms with Crippen LogP contribution in [0, 0.1) is 28.6 Å². The smallest absolute Gasteiger partial charge is 0.281 e. The quantitative estimate of drug-likeness (QED) is 0.625. The Morgan fingerprint density at radius 3 is 2.59 bits per heavy atom. The van der Waals surface area contributed by atoms with Crippen LogP contribution in [0.5, 0.6) is 0 Å². The molecular weight excluding hydrogens is 446 g/mol. The Labute approximate surface area is 199 Å². The number of Topliss-reactive ketones (excluding diaryl/α,β-unsaturated/α-hetero) is 1. The molecular formula is C26H36F2O6. The summed E-state index contributed by atoms with van der Waals surface area (Å²) < 4.78 is 44.5. The molecule has 190 valence electrons. The number of allylic oxidation sites excluding steroid dienone is 1. The second-order valence-corrected chi connectivity index (χ2v) is 11.9. The summed E-state index contributed by atoms with van der Waals surface area (Å²) in [6, 6.07) is 0. The monoisotopic (exact) mass is 482 g/mol. The maximum Gasteiger partial charge on any atom is 0.281 e. The van der Waals surface area contributed by atoms with E-state index in [0.29, 0.717) is 12.8 Å². The van der Waals surface area contributed by atoms with Gasteiger partial charge in [-0.25, -0.2) is 8.78 Å². The lowest BCUT2D eigenvalue weighted by Gasteiger charge is -2.64. The van der Waals surface area contributed by atoms with Crippen LogP contribution in [0.1, 0.15) is 72.6 Å². The standard InChI is InChI=1S/C26H36F2O6/c1-5-7-24(32)33-13-21(31)26(34-24)14(2)9-16-17-11-19(27)18-10-15(29)6-8-22(18,3)25(17,28)20(30)12-23(16,26)4/h10,14,16-17,19-20,30,32H,5-9,11-13H2,1-4H3/t14-,16-,17-,19-,20-,22-,23-,24?,25-,26-/m0/s1. The van der Waals surface area contributed by atoms with Crippen molar-refractivity contribution in [2.75, 3.05) is 6.61 Å². The third-order valence-corrected chi connectivity index (χ3v) is 10.3. The van der Waals surface area contributed by atoms with Gasteiger partial charge in [-0.2, -0.15) is 0 Å². The Morgan fingerprint density at radius 1 is 1.21 bits per heavy atom. The number of carbonyl (C=O) groups excluding carboxylic acids is 2. The molecule has 4 aliphatic carbocycles. The summed E-state index contributed by atoms with van der Waals surface area (Å²) in [5.41, 5.74) is -5.76. The summed E-state index contributed by atoms with van der Waals surface area (Å²) in [7, 11) is 0. The predicted octanol–water partition coefficient (Wildman–Crippen LogP) is 3.58. The molecule has 0 aromatic heterocycles. The van der Waals surface area contributed by atoms with Crippen molar-refractivity contribution < 1.29 is 38.1 Å². The van der Waals surface area contributed by atoms with E-state index < -0.39 is 52.2 Å². The molecule has 10 atom stereocenters. The van der Waals surface area contributed by atoms with Gasteiger partial charge in [0.15, 0.2) is 11.6 Å². The van der Waals surface area contributed by atoms with Crippen molar-refractivity contribution in [2.24, 2.45) is 28.6 Å². The zero-order chi connectivity index (χ0) is 24.9. The molecule has 5 aliphatic rings. The van der Waals surface area contributed by atoms with Crippen molar-refractivity contribution in [1.82, 2.24) is 0 Å². The molecule has 34 heavy (non-hydrogen) atoms. The van der Waals surface area contributed by atoms with Crippen LogP contribution in [-0.2, 0) is 19.1 Å². The molecule has 1 aliphatic heterocycles. The van der Waals surface area contributed by atoms with E-state index in [9.17, 15) is 19.8 Å². The summed E-state index contributed by atoms with van der Waals surface area (Å²) in [5, 5.41) is 22.5. The molecule has 1 unspecified atom stereocenters. The van der Waals surface area contributed by atoms with Crippen LogP contribution in [0.15, 0.2) is 11.6 Å². The average Bonchev–Trinajstić information content (AvgIpc) is 2.97. The number of hydrogen-bond donors (Lipinski definition) is 2. The second-order valence-electron chi connectivity index (χ2n) is 11.9. The lowest BCUT2D eigenvalue weighted by Crippen LogP contribution is -2.73. The number of carbonyl (C=O) groups is 2. The van der Waals surface area contributed by atoms with Crippen LogP contribution in [0.25, 0.3) is 0 Å². The minimum absolute atomic E-state index is 0.0588. The van der Waals surface area contributed by atoms with E-state index >= 15 is 8.78 Å². The van der Waals surface area contributed by atoms with Crippen molar-refractivity contribution in [3.05, 3.63) is 11.6 Å². The Kier molecular flexibility index (Phi) is 5.33. The van der Waals surface area contributed by atoms with Crippen LogP contribution >= 0.6 is 0 Å². The van der Waals surface area contributed by atoms with Gasteiger partial charge in [0.2, 0.25) is 0 Å². The highest BCUT2D eigenvalue weighted by Crippen LogP contribution is 2.72. The maximum atomic E-state index is 17.3. The first-order valence-electron chi connectivity index (χ1n) is 12.6. The van der Waals surface area contributed by atoms with Gasteiger partial charge in [0.1, 0.15) is 24.0 Å². The zero-order valence-corrected chi connectivity index (χ0v) is 20.4. The van der Waals surface area contributed by atoms with Crippen molar-refractivity contribution in [3.8, 4) is 0 Å². The number of halogens is 2. The van der Waals surface area contributed by atoms with Gasteiger partial charge in [-0.15, -0.1) is 0 Å². The molecule has 0 aromatic rings. The van der Waals surface area contributed by atoms with E-state index in [2.05, 4.69) is 0 Å². The van der Waals surface area contributed by atoms with Crippen molar-refractivity contribution in [3.63, 3.8) is 0 Å². The third-order valence-electron chi connectivity index (χ3n) is 10.3. The number of rotatable bonds is 2. The first kappa shape index (κ1) is 24.5. The van der Waals surface area contributed by atoms with Crippen LogP contribution in [0.3, 0.4) is 0 Å². The fraction of sp³-hybridized carbons (Fsp3) is 0.846. The van der Waals surface area contributed by atoms with E-state index in [4.69, 9.17) is 9.47 Å². The Hall–Kier alpha value is -1.22. The van der Waals surface area contributed by atoms with Gasteiger partial charge >= 0.3 is 0 Å². The topological polar surface area (TPSA) is 93.1 Å². The van der Waals surface area contributed by atoms with Gasteiger partial charge < -0.3 is 19.7 Å². The number of alkyl halides is 2. The van der Waals surface area contributed by atoms with Crippen molar-refractivity contribution >= 4 is 11.6 Å². The number of hydrogen-bond acceptors (Lipinski definition) is 6. The van der Waals surface area contributed by atoms with E-state index in [1.165, 1.54) is 6.08 Å². The fourth-order valence-electron chi connectivity index (χ4n) is 8.75. The summed E-state index contributed by atoms with van der Waals surface area (Å²) in [4.78, 5) is 25.5. The van der Waals surface area contributed by atoms with E-state index in [1.807, 2.05) is 20.8 Å². The Balaban J connectivity index is 1.62. The van der Waals surface area contributed by atoms with Crippen molar-refractivity contribution in [1.29, 1.82) is 0 Å². The minimum atomic E-state index is -2.13. The van der Waals surface area contributed by atoms with Crippen LogP contribution in [0.2, 0.25) is 0 Å². The van der Waals surface area contributed by atoms with Gasteiger partial charge in [-0.1, -0.05) is 27.7 Å². The summed E-state index contributed by atoms with van der Waals surface area (Å²) >= 11 is 0.